The minimum atomic E-state index is -1.13. The minimum Gasteiger partial charge on any atom is -0.493 e. The molecule has 1 aromatic heterocycles. The number of carboxylic acid groups (broad SMARTS) is 1. The van der Waals surface area contributed by atoms with Gasteiger partial charge in [0.2, 0.25) is 5.76 Å². The lowest BCUT2D eigenvalue weighted by Crippen LogP contribution is -1.98. The van der Waals surface area contributed by atoms with E-state index in [0.29, 0.717) is 34.5 Å². The number of aromatic carboxylic acids is 1. The highest BCUT2D eigenvalue weighted by molar-refractivity contribution is 5.84. The second kappa shape index (κ2) is 10.9. The van der Waals surface area contributed by atoms with Crippen molar-refractivity contribution in [1.29, 1.82) is 0 Å². The number of carboxylic acids is 1. The van der Waals surface area contributed by atoms with Crippen molar-refractivity contribution >= 4 is 17.9 Å². The maximum atomic E-state index is 10.9. The normalized spacial score (nSPS) is 10.8. The van der Waals surface area contributed by atoms with Gasteiger partial charge in [-0.15, -0.1) is 0 Å². The van der Waals surface area contributed by atoms with Gasteiger partial charge in [-0.25, -0.2) is 4.79 Å². The number of methoxy groups -OCH3 is 2. The Labute approximate surface area is 202 Å². The minimum absolute atomic E-state index is 0.0698. The summed E-state index contributed by atoms with van der Waals surface area (Å²) in [6, 6.07) is 23.1. The quantitative estimate of drug-likeness (QED) is 0.277. The smallest absolute Gasteiger partial charge is 0.371 e. The van der Waals surface area contributed by atoms with Crippen LogP contribution >= 0.6 is 0 Å². The molecule has 3 aromatic carbocycles. The molecule has 0 aliphatic carbocycles. The molecule has 1 N–H and O–H groups in total. The number of hydrogen-bond donors (Lipinski definition) is 1. The number of nitrogens with zero attached hydrogens (tertiary/aromatic N) is 1. The van der Waals surface area contributed by atoms with Crippen LogP contribution in [-0.2, 0) is 6.61 Å². The molecule has 35 heavy (non-hydrogen) atoms. The number of benzene rings is 3. The predicted molar refractivity (Wildman–Crippen MR) is 130 cm³/mol. The molecule has 0 saturated heterocycles. The first kappa shape index (κ1) is 23.4. The average Bonchev–Trinajstić information content (AvgIpc) is 3.37. The second-order valence-corrected chi connectivity index (χ2v) is 7.28. The monoisotopic (exact) mass is 473 g/mol. The second-order valence-electron chi connectivity index (χ2n) is 7.28. The van der Waals surface area contributed by atoms with Crippen LogP contribution in [0.3, 0.4) is 0 Å². The number of furan rings is 1. The van der Waals surface area contributed by atoms with Gasteiger partial charge in [0.05, 0.1) is 19.9 Å². The lowest BCUT2D eigenvalue weighted by molar-refractivity contribution is 0.0658. The van der Waals surface area contributed by atoms with Crippen molar-refractivity contribution in [3.05, 3.63) is 95.9 Å². The van der Waals surface area contributed by atoms with Gasteiger partial charge in [0.1, 0.15) is 18.1 Å². The summed E-state index contributed by atoms with van der Waals surface area (Å²) in [7, 11) is 3.14. The van der Waals surface area contributed by atoms with Crippen molar-refractivity contribution in [2.75, 3.05) is 14.2 Å². The average molecular weight is 473 g/mol. The van der Waals surface area contributed by atoms with Crippen molar-refractivity contribution in [3.63, 3.8) is 0 Å². The van der Waals surface area contributed by atoms with E-state index in [1.165, 1.54) is 6.07 Å². The van der Waals surface area contributed by atoms with Crippen LogP contribution in [0.25, 0.3) is 0 Å². The summed E-state index contributed by atoms with van der Waals surface area (Å²) < 4.78 is 27.5. The molecule has 0 aliphatic rings. The van der Waals surface area contributed by atoms with E-state index in [9.17, 15) is 4.79 Å². The molecule has 0 unspecified atom stereocenters. The van der Waals surface area contributed by atoms with E-state index in [1.807, 2.05) is 54.6 Å². The van der Waals surface area contributed by atoms with Gasteiger partial charge in [-0.2, -0.15) is 0 Å². The maximum absolute atomic E-state index is 10.9. The van der Waals surface area contributed by atoms with Gasteiger partial charge >= 0.3 is 5.97 Å². The van der Waals surface area contributed by atoms with E-state index in [1.54, 1.807) is 38.6 Å². The molecule has 4 rings (SSSR count). The Hall–Kier alpha value is -4.72. The maximum Gasteiger partial charge on any atom is 0.371 e. The zero-order chi connectivity index (χ0) is 24.6. The van der Waals surface area contributed by atoms with Gasteiger partial charge in [0.15, 0.2) is 23.0 Å². The standard InChI is InChI=1S/C27H23NO7/c1-31-22-5-3-4-6-24(22)34-20-10-8-19(9-11-20)28-16-18-7-13-23(26(15-18)32-2)33-17-21-12-14-25(35-21)27(29)30/h3-16H,17H2,1-2H3,(H,29,30). The van der Waals surface area contributed by atoms with Crippen LogP contribution in [0.2, 0.25) is 0 Å². The molecule has 0 amide bonds. The Kier molecular flexibility index (Phi) is 7.32. The number of para-hydroxylation sites is 2. The number of hydrogen-bond acceptors (Lipinski definition) is 7. The molecule has 0 radical (unpaired) electrons. The molecular weight excluding hydrogens is 450 g/mol. The number of ether oxygens (including phenoxy) is 4. The Morgan fingerprint density at radius 2 is 1.63 bits per heavy atom. The van der Waals surface area contributed by atoms with Gasteiger partial charge in [-0.05, 0) is 72.3 Å². The molecular formula is C27H23NO7. The molecule has 0 saturated carbocycles. The van der Waals surface area contributed by atoms with Crippen LogP contribution in [-0.4, -0.2) is 31.5 Å². The lowest BCUT2D eigenvalue weighted by atomic mass is 10.2. The van der Waals surface area contributed by atoms with Crippen LogP contribution in [0.1, 0.15) is 21.9 Å². The Morgan fingerprint density at radius 1 is 0.886 bits per heavy atom. The molecule has 0 bridgehead atoms. The first-order valence-corrected chi connectivity index (χ1v) is 10.6. The summed E-state index contributed by atoms with van der Waals surface area (Å²) in [5, 5.41) is 8.94. The fraction of sp³-hybridized carbons (Fsp3) is 0.111. The van der Waals surface area contributed by atoms with Crippen molar-refractivity contribution < 1.29 is 33.3 Å². The van der Waals surface area contributed by atoms with E-state index in [4.69, 9.17) is 28.5 Å². The fourth-order valence-corrected chi connectivity index (χ4v) is 3.18. The van der Waals surface area contributed by atoms with Crippen LogP contribution in [0, 0.1) is 0 Å². The largest absolute Gasteiger partial charge is 0.493 e. The van der Waals surface area contributed by atoms with Crippen molar-refractivity contribution in [1.82, 2.24) is 0 Å². The predicted octanol–water partition coefficient (Wildman–Crippen LogP) is 6.12. The molecule has 1 heterocycles. The zero-order valence-corrected chi connectivity index (χ0v) is 19.1. The number of carbonyl (C=O) groups is 1. The van der Waals surface area contributed by atoms with Crippen LogP contribution in [0.5, 0.6) is 28.7 Å². The molecule has 0 fully saturated rings. The molecule has 178 valence electrons. The number of aliphatic imine (C=N–C) groups is 1. The van der Waals surface area contributed by atoms with Crippen molar-refractivity contribution in [3.8, 4) is 28.7 Å². The van der Waals surface area contributed by atoms with Crippen molar-refractivity contribution in [2.45, 2.75) is 6.61 Å². The highest BCUT2D eigenvalue weighted by Gasteiger charge is 2.11. The summed E-state index contributed by atoms with van der Waals surface area (Å²) in [5.41, 5.74) is 1.57. The van der Waals surface area contributed by atoms with Gasteiger partial charge in [-0.1, -0.05) is 12.1 Å². The lowest BCUT2D eigenvalue weighted by Gasteiger charge is -2.10. The first-order valence-electron chi connectivity index (χ1n) is 10.6. The van der Waals surface area contributed by atoms with Crippen LogP contribution < -0.4 is 18.9 Å². The molecule has 8 nitrogen and oxygen atoms in total. The van der Waals surface area contributed by atoms with Gasteiger partial charge in [-0.3, -0.25) is 4.99 Å². The molecule has 0 aliphatic heterocycles. The topological polar surface area (TPSA) is 99.7 Å². The highest BCUT2D eigenvalue weighted by Crippen LogP contribution is 2.32. The number of rotatable bonds is 10. The molecule has 0 spiro atoms. The van der Waals surface area contributed by atoms with Crippen molar-refractivity contribution in [2.24, 2.45) is 4.99 Å². The van der Waals surface area contributed by atoms with E-state index >= 15 is 0 Å². The Bertz CT molecular complexity index is 1330. The zero-order valence-electron chi connectivity index (χ0n) is 19.1. The third-order valence-corrected chi connectivity index (χ3v) is 4.93. The summed E-state index contributed by atoms with van der Waals surface area (Å²) in [6.45, 7) is 0.0698. The summed E-state index contributed by atoms with van der Waals surface area (Å²) >= 11 is 0. The summed E-state index contributed by atoms with van der Waals surface area (Å²) in [4.78, 5) is 15.4. The summed E-state index contributed by atoms with van der Waals surface area (Å²) in [5.74, 6) is 2.10. The van der Waals surface area contributed by atoms with E-state index in [2.05, 4.69) is 4.99 Å². The van der Waals surface area contributed by atoms with E-state index < -0.39 is 5.97 Å². The van der Waals surface area contributed by atoms with Gasteiger partial charge < -0.3 is 28.5 Å². The summed E-state index contributed by atoms with van der Waals surface area (Å²) in [6.07, 6.45) is 1.72. The third kappa shape index (κ3) is 6.00. The van der Waals surface area contributed by atoms with Gasteiger partial charge in [0.25, 0.3) is 0 Å². The highest BCUT2D eigenvalue weighted by atomic mass is 16.5. The Morgan fingerprint density at radius 3 is 2.31 bits per heavy atom. The SMILES string of the molecule is COc1cc(C=Nc2ccc(Oc3ccccc3OC)cc2)ccc1OCc1ccc(C(=O)O)o1. The van der Waals surface area contributed by atoms with Crippen LogP contribution in [0.15, 0.2) is 88.3 Å². The van der Waals surface area contributed by atoms with Gasteiger partial charge in [0, 0.05) is 6.21 Å². The molecule has 0 atom stereocenters. The third-order valence-electron chi connectivity index (χ3n) is 4.93. The molecule has 4 aromatic rings. The molecule has 8 heteroatoms. The van der Waals surface area contributed by atoms with E-state index in [0.717, 1.165) is 11.3 Å². The van der Waals surface area contributed by atoms with Crippen LogP contribution in [0.4, 0.5) is 5.69 Å². The van der Waals surface area contributed by atoms with E-state index in [-0.39, 0.29) is 12.4 Å². The fourth-order valence-electron chi connectivity index (χ4n) is 3.18. The Balaban J connectivity index is 1.39. The first-order chi connectivity index (χ1) is 17.1.